The largest absolute Gasteiger partial charge is 0.504 e. The van der Waals surface area contributed by atoms with Gasteiger partial charge in [0.15, 0.2) is 11.5 Å². The predicted octanol–water partition coefficient (Wildman–Crippen LogP) is 4.48. The van der Waals surface area contributed by atoms with Crippen LogP contribution in [0, 0.1) is 13.8 Å². The lowest BCUT2D eigenvalue weighted by molar-refractivity contribution is 0.0686. The average Bonchev–Trinajstić information content (AvgIpc) is 2.71. The summed E-state index contributed by atoms with van der Waals surface area (Å²) in [6.45, 7) is 3.65. The van der Waals surface area contributed by atoms with Crippen molar-refractivity contribution in [2.75, 3.05) is 0 Å². The molecule has 0 radical (unpaired) electrons. The number of aromatic hydroxyl groups is 2. The zero-order valence-electron chi connectivity index (χ0n) is 15.5. The molecule has 0 fully saturated rings. The van der Waals surface area contributed by atoms with Gasteiger partial charge in [-0.25, -0.2) is 9.59 Å². The molecule has 0 heterocycles. The number of phenolic OH excluding ortho intramolecular Hbond substituents is 2. The van der Waals surface area contributed by atoms with Gasteiger partial charge in [0.05, 0.1) is 11.1 Å². The van der Waals surface area contributed by atoms with Crippen LogP contribution in [-0.2, 0) is 0 Å². The smallest absolute Gasteiger partial charge is 0.335 e. The number of rotatable bonds is 2. The summed E-state index contributed by atoms with van der Waals surface area (Å²) in [7, 11) is 0. The van der Waals surface area contributed by atoms with Gasteiger partial charge in [-0.3, -0.25) is 0 Å². The van der Waals surface area contributed by atoms with Gasteiger partial charge in [-0.1, -0.05) is 42.5 Å². The second-order valence-corrected chi connectivity index (χ2v) is 5.72. The van der Waals surface area contributed by atoms with E-state index in [4.69, 9.17) is 20.4 Å². The van der Waals surface area contributed by atoms with E-state index >= 15 is 0 Å². The molecule has 6 heteroatoms. The maximum absolute atomic E-state index is 10.2. The molecule has 28 heavy (non-hydrogen) atoms. The van der Waals surface area contributed by atoms with Gasteiger partial charge in [0.2, 0.25) is 0 Å². The molecule has 0 aliphatic rings. The summed E-state index contributed by atoms with van der Waals surface area (Å²) in [5.41, 5.74) is 2.38. The minimum Gasteiger partial charge on any atom is -0.504 e. The van der Waals surface area contributed by atoms with Crippen LogP contribution in [0.1, 0.15) is 31.8 Å². The van der Waals surface area contributed by atoms with Crippen LogP contribution >= 0.6 is 0 Å². The van der Waals surface area contributed by atoms with Crippen LogP contribution in [0.5, 0.6) is 11.5 Å². The predicted molar refractivity (Wildman–Crippen MR) is 106 cm³/mol. The summed E-state index contributed by atoms with van der Waals surface area (Å²) in [6.07, 6.45) is 0. The van der Waals surface area contributed by atoms with Crippen LogP contribution in [0.4, 0.5) is 0 Å². The van der Waals surface area contributed by atoms with E-state index < -0.39 is 11.9 Å². The lowest BCUT2D eigenvalue weighted by Gasteiger charge is -2.03. The molecular formula is C22H22O6. The Kier molecular flexibility index (Phi) is 8.76. The number of carboxylic acids is 2. The molecule has 0 aliphatic carbocycles. The number of aromatic carboxylic acids is 2. The first-order valence-electron chi connectivity index (χ1n) is 8.28. The Morgan fingerprint density at radius 2 is 1.04 bits per heavy atom. The number of carbonyl (C=O) groups is 2. The van der Waals surface area contributed by atoms with Crippen molar-refractivity contribution in [1.29, 1.82) is 0 Å². The van der Waals surface area contributed by atoms with Crippen molar-refractivity contribution in [3.63, 3.8) is 0 Å². The molecule has 3 aromatic carbocycles. The van der Waals surface area contributed by atoms with Gasteiger partial charge in [-0.15, -0.1) is 0 Å². The number of aryl methyl sites for hydroxylation is 1. The van der Waals surface area contributed by atoms with E-state index in [9.17, 15) is 9.59 Å². The van der Waals surface area contributed by atoms with Crippen molar-refractivity contribution in [3.8, 4) is 11.5 Å². The van der Waals surface area contributed by atoms with E-state index in [2.05, 4.69) is 0 Å². The van der Waals surface area contributed by atoms with Crippen molar-refractivity contribution in [2.45, 2.75) is 13.8 Å². The Balaban J connectivity index is 0.000000210. The van der Waals surface area contributed by atoms with Crippen LogP contribution in [0.3, 0.4) is 0 Å². The molecular weight excluding hydrogens is 360 g/mol. The number of benzene rings is 3. The molecule has 0 atom stereocenters. The zero-order valence-corrected chi connectivity index (χ0v) is 15.5. The van der Waals surface area contributed by atoms with Crippen LogP contribution in [0.25, 0.3) is 0 Å². The molecule has 0 aromatic heterocycles. The van der Waals surface area contributed by atoms with Gasteiger partial charge in [0.1, 0.15) is 0 Å². The van der Waals surface area contributed by atoms with Gasteiger partial charge < -0.3 is 20.4 Å². The Labute approximate surface area is 163 Å². The highest BCUT2D eigenvalue weighted by Crippen LogP contribution is 2.29. The third-order valence-corrected chi connectivity index (χ3v) is 3.72. The highest BCUT2D eigenvalue weighted by molar-refractivity contribution is 5.87. The first-order chi connectivity index (χ1) is 13.2. The topological polar surface area (TPSA) is 115 Å². The van der Waals surface area contributed by atoms with Crippen LogP contribution in [0.15, 0.2) is 72.8 Å². The van der Waals surface area contributed by atoms with Crippen molar-refractivity contribution in [2.24, 2.45) is 0 Å². The third-order valence-electron chi connectivity index (χ3n) is 3.72. The molecule has 4 N–H and O–H groups in total. The van der Waals surface area contributed by atoms with Gasteiger partial charge >= 0.3 is 11.9 Å². The number of carboxylic acid groups (broad SMARTS) is 2. The summed E-state index contributed by atoms with van der Waals surface area (Å²) in [5.74, 6) is -1.82. The quantitative estimate of drug-likeness (QED) is 0.486. The van der Waals surface area contributed by atoms with E-state index in [1.165, 1.54) is 6.07 Å². The van der Waals surface area contributed by atoms with E-state index in [-0.39, 0.29) is 11.5 Å². The van der Waals surface area contributed by atoms with Gasteiger partial charge in [0, 0.05) is 0 Å². The maximum atomic E-state index is 10.2. The van der Waals surface area contributed by atoms with Crippen molar-refractivity contribution >= 4 is 11.9 Å². The summed E-state index contributed by atoms with van der Waals surface area (Å²) in [4.78, 5) is 20.4. The van der Waals surface area contributed by atoms with Crippen LogP contribution in [0.2, 0.25) is 0 Å². The molecule has 0 spiro atoms. The minimum atomic E-state index is -0.879. The first kappa shape index (κ1) is 22.2. The lowest BCUT2D eigenvalue weighted by Crippen LogP contribution is -1.93. The molecule has 0 unspecified atom stereocenters. The second kappa shape index (κ2) is 11.0. The van der Waals surface area contributed by atoms with Crippen molar-refractivity contribution < 1.29 is 30.0 Å². The SMILES string of the molecule is Cc1ccc(O)c(O)c1C.O=C(O)c1ccccc1.O=C(O)c1ccccc1. The van der Waals surface area contributed by atoms with Crippen LogP contribution < -0.4 is 0 Å². The fraction of sp³-hybridized carbons (Fsp3) is 0.0909. The number of phenols is 2. The molecule has 0 saturated carbocycles. The third kappa shape index (κ3) is 7.21. The summed E-state index contributed by atoms with van der Waals surface area (Å²) >= 11 is 0. The monoisotopic (exact) mass is 382 g/mol. The Morgan fingerprint density at radius 3 is 1.32 bits per heavy atom. The van der Waals surface area contributed by atoms with Gasteiger partial charge in [0.25, 0.3) is 0 Å². The summed E-state index contributed by atoms with van der Waals surface area (Å²) in [6, 6.07) is 19.8. The van der Waals surface area contributed by atoms with E-state index in [0.717, 1.165) is 11.1 Å². The molecule has 0 aliphatic heterocycles. The second-order valence-electron chi connectivity index (χ2n) is 5.72. The van der Waals surface area contributed by atoms with E-state index in [1.54, 1.807) is 73.7 Å². The van der Waals surface area contributed by atoms with Gasteiger partial charge in [-0.05, 0) is 55.3 Å². The number of hydrogen-bond donors (Lipinski definition) is 4. The maximum Gasteiger partial charge on any atom is 0.335 e. The van der Waals surface area contributed by atoms with Crippen molar-refractivity contribution in [1.82, 2.24) is 0 Å². The minimum absolute atomic E-state index is 0.0139. The fourth-order valence-electron chi connectivity index (χ4n) is 1.95. The average molecular weight is 382 g/mol. The fourth-order valence-corrected chi connectivity index (χ4v) is 1.95. The zero-order chi connectivity index (χ0) is 21.1. The summed E-state index contributed by atoms with van der Waals surface area (Å²) in [5, 5.41) is 34.9. The summed E-state index contributed by atoms with van der Waals surface area (Å²) < 4.78 is 0. The molecule has 0 saturated heterocycles. The molecule has 146 valence electrons. The normalized spacial score (nSPS) is 9.21. The van der Waals surface area contributed by atoms with E-state index in [0.29, 0.717) is 11.1 Å². The Morgan fingerprint density at radius 1 is 0.643 bits per heavy atom. The van der Waals surface area contributed by atoms with E-state index in [1.807, 2.05) is 6.92 Å². The standard InChI is InChI=1S/C8H10O2.2C7H6O2/c1-5-3-4-7(9)8(10)6(5)2;2*8-7(9)6-4-2-1-3-5-6/h3-4,9-10H,1-2H3;2*1-5H,(H,8,9). The molecule has 3 rings (SSSR count). The Bertz CT molecular complexity index is 829. The molecule has 6 nitrogen and oxygen atoms in total. The van der Waals surface area contributed by atoms with Crippen molar-refractivity contribution in [3.05, 3.63) is 95.1 Å². The highest BCUT2D eigenvalue weighted by Gasteiger charge is 2.03. The Hall–Kier alpha value is -3.80. The molecule has 3 aromatic rings. The first-order valence-corrected chi connectivity index (χ1v) is 8.28. The highest BCUT2D eigenvalue weighted by atomic mass is 16.4. The van der Waals surface area contributed by atoms with Gasteiger partial charge in [-0.2, -0.15) is 0 Å². The number of hydrogen-bond acceptors (Lipinski definition) is 4. The molecule has 0 bridgehead atoms. The molecule has 0 amide bonds. The van der Waals surface area contributed by atoms with Crippen LogP contribution in [-0.4, -0.2) is 32.4 Å². The lowest BCUT2D eigenvalue weighted by atomic mass is 10.1.